The van der Waals surface area contributed by atoms with Crippen LogP contribution < -0.4 is 5.32 Å². The summed E-state index contributed by atoms with van der Waals surface area (Å²) in [4.78, 5) is 14.4. The van der Waals surface area contributed by atoms with Gasteiger partial charge in [-0.1, -0.05) is 72.8 Å². The van der Waals surface area contributed by atoms with Gasteiger partial charge in [0.1, 0.15) is 0 Å². The van der Waals surface area contributed by atoms with Crippen molar-refractivity contribution in [3.05, 3.63) is 83.9 Å². The van der Waals surface area contributed by atoms with Crippen LogP contribution in [-0.2, 0) is 11.3 Å². The number of amides is 1. The zero-order valence-corrected chi connectivity index (χ0v) is 14.8. The van der Waals surface area contributed by atoms with Gasteiger partial charge in [0.05, 0.1) is 12.6 Å². The molecular weight excluding hydrogens is 308 g/mol. The van der Waals surface area contributed by atoms with E-state index >= 15 is 0 Å². The number of hydrogen-bond acceptors (Lipinski definition) is 2. The second-order valence-electron chi connectivity index (χ2n) is 6.52. The standard InChI is InChI=1S/C22H24N2O/c1-17(20-14-8-12-19-11-6-7-13-21(19)20)23-22(25)16-24(2)15-18-9-4-3-5-10-18/h3-14,17H,15-16H2,1-2H3,(H,23,25)/t17-/m1/s1. The van der Waals surface area contributed by atoms with Gasteiger partial charge in [0, 0.05) is 6.54 Å². The van der Waals surface area contributed by atoms with Gasteiger partial charge in [-0.05, 0) is 35.9 Å². The number of hydrogen-bond donors (Lipinski definition) is 1. The Morgan fingerprint density at radius 3 is 2.44 bits per heavy atom. The SMILES string of the molecule is C[C@@H](NC(=O)CN(C)Cc1ccccc1)c1cccc2ccccc12. The number of fused-ring (bicyclic) bond motifs is 1. The quantitative estimate of drug-likeness (QED) is 0.735. The van der Waals surface area contributed by atoms with Crippen LogP contribution in [-0.4, -0.2) is 24.4 Å². The molecule has 0 aromatic heterocycles. The molecule has 0 spiro atoms. The number of nitrogens with one attached hydrogen (secondary N) is 1. The van der Waals surface area contributed by atoms with Crippen molar-refractivity contribution in [2.75, 3.05) is 13.6 Å². The maximum Gasteiger partial charge on any atom is 0.234 e. The van der Waals surface area contributed by atoms with E-state index in [1.165, 1.54) is 16.3 Å². The number of benzene rings is 3. The van der Waals surface area contributed by atoms with Gasteiger partial charge in [-0.3, -0.25) is 9.69 Å². The molecule has 25 heavy (non-hydrogen) atoms. The van der Waals surface area contributed by atoms with E-state index < -0.39 is 0 Å². The summed E-state index contributed by atoms with van der Waals surface area (Å²) in [7, 11) is 1.97. The van der Waals surface area contributed by atoms with E-state index in [0.29, 0.717) is 6.54 Å². The third-order valence-electron chi connectivity index (χ3n) is 4.38. The van der Waals surface area contributed by atoms with Gasteiger partial charge in [-0.25, -0.2) is 0 Å². The Hall–Kier alpha value is -2.65. The summed E-state index contributed by atoms with van der Waals surface area (Å²) in [6.45, 7) is 3.18. The minimum atomic E-state index is -0.0243. The lowest BCUT2D eigenvalue weighted by molar-refractivity contribution is -0.122. The second-order valence-corrected chi connectivity index (χ2v) is 6.52. The molecule has 1 amide bonds. The lowest BCUT2D eigenvalue weighted by Gasteiger charge is -2.20. The zero-order chi connectivity index (χ0) is 17.6. The van der Waals surface area contributed by atoms with Crippen molar-refractivity contribution in [1.82, 2.24) is 10.2 Å². The van der Waals surface area contributed by atoms with Crippen molar-refractivity contribution in [2.24, 2.45) is 0 Å². The largest absolute Gasteiger partial charge is 0.348 e. The predicted molar refractivity (Wildman–Crippen MR) is 103 cm³/mol. The van der Waals surface area contributed by atoms with E-state index in [-0.39, 0.29) is 11.9 Å². The molecule has 0 heterocycles. The molecule has 3 aromatic carbocycles. The van der Waals surface area contributed by atoms with Gasteiger partial charge >= 0.3 is 0 Å². The first kappa shape index (κ1) is 17.2. The van der Waals surface area contributed by atoms with E-state index in [9.17, 15) is 4.79 Å². The van der Waals surface area contributed by atoms with Crippen molar-refractivity contribution < 1.29 is 4.79 Å². The lowest BCUT2D eigenvalue weighted by atomic mass is 10.00. The molecule has 0 saturated heterocycles. The summed E-state index contributed by atoms with van der Waals surface area (Å²) >= 11 is 0. The lowest BCUT2D eigenvalue weighted by Crippen LogP contribution is -2.36. The van der Waals surface area contributed by atoms with Crippen LogP contribution in [0.5, 0.6) is 0 Å². The molecule has 3 nitrogen and oxygen atoms in total. The normalized spacial score (nSPS) is 12.3. The fraction of sp³-hybridized carbons (Fsp3) is 0.227. The van der Waals surface area contributed by atoms with Crippen molar-refractivity contribution in [2.45, 2.75) is 19.5 Å². The summed E-state index contributed by atoms with van der Waals surface area (Å²) in [5.74, 6) is 0.0406. The molecule has 3 rings (SSSR count). The average molecular weight is 332 g/mol. The third-order valence-corrected chi connectivity index (χ3v) is 4.38. The first-order valence-electron chi connectivity index (χ1n) is 8.63. The first-order chi connectivity index (χ1) is 12.1. The number of carbonyl (C=O) groups is 1. The monoisotopic (exact) mass is 332 g/mol. The summed E-state index contributed by atoms with van der Waals surface area (Å²) in [6, 6.07) is 24.7. The molecular formula is C22H24N2O. The Kier molecular flexibility index (Phi) is 5.46. The van der Waals surface area contributed by atoms with E-state index in [1.807, 2.05) is 55.3 Å². The Balaban J connectivity index is 1.62. The number of rotatable bonds is 6. The molecule has 3 aromatic rings. The van der Waals surface area contributed by atoms with Gasteiger partial charge in [0.2, 0.25) is 5.91 Å². The van der Waals surface area contributed by atoms with E-state index in [1.54, 1.807) is 0 Å². The van der Waals surface area contributed by atoms with Crippen LogP contribution in [0.15, 0.2) is 72.8 Å². The maximum absolute atomic E-state index is 12.4. The molecule has 0 unspecified atom stereocenters. The van der Waals surface area contributed by atoms with Crippen molar-refractivity contribution in [1.29, 1.82) is 0 Å². The molecule has 0 aliphatic heterocycles. The third kappa shape index (κ3) is 4.46. The average Bonchev–Trinajstić information content (AvgIpc) is 2.61. The van der Waals surface area contributed by atoms with E-state index in [0.717, 1.165) is 12.1 Å². The minimum absolute atomic E-state index is 0.0243. The van der Waals surface area contributed by atoms with Crippen LogP contribution >= 0.6 is 0 Å². The molecule has 1 atom stereocenters. The van der Waals surface area contributed by atoms with Crippen LogP contribution in [0.3, 0.4) is 0 Å². The molecule has 1 N–H and O–H groups in total. The molecule has 0 fully saturated rings. The van der Waals surface area contributed by atoms with E-state index in [4.69, 9.17) is 0 Å². The second kappa shape index (κ2) is 7.95. The highest BCUT2D eigenvalue weighted by Crippen LogP contribution is 2.23. The van der Waals surface area contributed by atoms with Crippen LogP contribution in [0, 0.1) is 0 Å². The van der Waals surface area contributed by atoms with Crippen molar-refractivity contribution in [3.8, 4) is 0 Å². The highest BCUT2D eigenvalue weighted by atomic mass is 16.2. The Morgan fingerprint density at radius 1 is 0.960 bits per heavy atom. The fourth-order valence-electron chi connectivity index (χ4n) is 3.19. The van der Waals surface area contributed by atoms with Crippen LogP contribution in [0.2, 0.25) is 0 Å². The predicted octanol–water partition coefficient (Wildman–Crippen LogP) is 4.15. The summed E-state index contributed by atoms with van der Waals surface area (Å²) < 4.78 is 0. The van der Waals surface area contributed by atoms with Crippen LogP contribution in [0.4, 0.5) is 0 Å². The topological polar surface area (TPSA) is 32.3 Å². The molecule has 0 bridgehead atoms. The Bertz CT molecular complexity index is 840. The fourth-order valence-corrected chi connectivity index (χ4v) is 3.19. The van der Waals surface area contributed by atoms with Gasteiger partial charge < -0.3 is 5.32 Å². The number of likely N-dealkylation sites (N-methyl/N-ethyl adjacent to an activating group) is 1. The van der Waals surface area contributed by atoms with E-state index in [2.05, 4.69) is 41.7 Å². The molecule has 3 heteroatoms. The summed E-state index contributed by atoms with van der Waals surface area (Å²) in [5.41, 5.74) is 2.36. The first-order valence-corrected chi connectivity index (χ1v) is 8.63. The smallest absolute Gasteiger partial charge is 0.234 e. The van der Waals surface area contributed by atoms with Gasteiger partial charge in [0.25, 0.3) is 0 Å². The maximum atomic E-state index is 12.4. The van der Waals surface area contributed by atoms with Gasteiger partial charge in [-0.2, -0.15) is 0 Å². The highest BCUT2D eigenvalue weighted by Gasteiger charge is 2.13. The number of nitrogens with zero attached hydrogens (tertiary/aromatic N) is 1. The molecule has 0 aliphatic rings. The Morgan fingerprint density at radius 2 is 1.64 bits per heavy atom. The highest BCUT2D eigenvalue weighted by molar-refractivity contribution is 5.87. The van der Waals surface area contributed by atoms with Crippen LogP contribution in [0.25, 0.3) is 10.8 Å². The molecule has 0 saturated carbocycles. The zero-order valence-electron chi connectivity index (χ0n) is 14.8. The molecule has 128 valence electrons. The van der Waals surface area contributed by atoms with Gasteiger partial charge in [0.15, 0.2) is 0 Å². The molecule has 0 radical (unpaired) electrons. The molecule has 0 aliphatic carbocycles. The van der Waals surface area contributed by atoms with Gasteiger partial charge in [-0.15, -0.1) is 0 Å². The van der Waals surface area contributed by atoms with Crippen LogP contribution in [0.1, 0.15) is 24.1 Å². The number of carbonyl (C=O) groups excluding carboxylic acids is 1. The minimum Gasteiger partial charge on any atom is -0.348 e. The summed E-state index contributed by atoms with van der Waals surface area (Å²) in [6.07, 6.45) is 0. The summed E-state index contributed by atoms with van der Waals surface area (Å²) in [5, 5.41) is 5.51. The van der Waals surface area contributed by atoms with Crippen molar-refractivity contribution in [3.63, 3.8) is 0 Å². The Labute approximate surface area is 149 Å². The van der Waals surface area contributed by atoms with Crippen molar-refractivity contribution >= 4 is 16.7 Å².